The fourth-order valence-corrected chi connectivity index (χ4v) is 11.2. The van der Waals surface area contributed by atoms with E-state index in [0.29, 0.717) is 36.4 Å². The zero-order valence-corrected chi connectivity index (χ0v) is 32.7. The third-order valence-corrected chi connectivity index (χ3v) is 14.2. The van der Waals surface area contributed by atoms with Crippen LogP contribution in [0.2, 0.25) is 0 Å². The van der Waals surface area contributed by atoms with Crippen LogP contribution in [0.15, 0.2) is 11.6 Å². The molecule has 2 aliphatic carbocycles. The first-order chi connectivity index (χ1) is 25.4. The van der Waals surface area contributed by atoms with E-state index in [1.165, 1.54) is 0 Å². The zero-order valence-electron chi connectivity index (χ0n) is 32.7. The molecule has 0 spiro atoms. The number of hydrogen-bond acceptors (Lipinski definition) is 12. The Kier molecular flexibility index (Phi) is 14.1. The monoisotopic (exact) mass is 747 g/mol. The highest BCUT2D eigenvalue weighted by Crippen LogP contribution is 2.55. The second-order valence-electron chi connectivity index (χ2n) is 17.8. The van der Waals surface area contributed by atoms with Crippen molar-refractivity contribution in [1.29, 1.82) is 0 Å². The van der Waals surface area contributed by atoms with Crippen LogP contribution in [0.4, 0.5) is 0 Å². The van der Waals surface area contributed by atoms with Crippen molar-refractivity contribution >= 4 is 11.8 Å². The molecule has 53 heavy (non-hydrogen) atoms. The summed E-state index contributed by atoms with van der Waals surface area (Å²) in [6.45, 7) is 10.1. The molecule has 6 fully saturated rings. The molecule has 0 amide bonds. The van der Waals surface area contributed by atoms with Crippen LogP contribution in [0.1, 0.15) is 111 Å². The Labute approximate surface area is 317 Å². The van der Waals surface area contributed by atoms with Crippen LogP contribution in [0.25, 0.3) is 0 Å². The zero-order chi connectivity index (χ0) is 37.9. The van der Waals surface area contributed by atoms with E-state index in [4.69, 9.17) is 19.9 Å². The molecule has 4 heterocycles. The smallest absolute Gasteiger partial charge is 0.333 e. The van der Waals surface area contributed by atoms with Crippen molar-refractivity contribution in [2.45, 2.75) is 166 Å². The summed E-state index contributed by atoms with van der Waals surface area (Å²) in [6.07, 6.45) is 8.46. The van der Waals surface area contributed by atoms with Gasteiger partial charge in [0.2, 0.25) is 0 Å². The van der Waals surface area contributed by atoms with Crippen LogP contribution in [-0.4, -0.2) is 108 Å². The van der Waals surface area contributed by atoms with Crippen molar-refractivity contribution < 1.29 is 39.1 Å². The maximum absolute atomic E-state index is 14.0. The van der Waals surface area contributed by atoms with Gasteiger partial charge in [-0.25, -0.2) is 4.79 Å². The largest absolute Gasteiger partial charge is 0.456 e. The molecule has 4 aliphatic heterocycles. The molecule has 12 heteroatoms. The van der Waals surface area contributed by atoms with Gasteiger partial charge in [-0.05, 0) is 128 Å². The van der Waals surface area contributed by atoms with Crippen LogP contribution >= 0.6 is 0 Å². The van der Waals surface area contributed by atoms with Gasteiger partial charge in [0.15, 0.2) is 0 Å². The number of carbonyl (C=O) groups is 2. The van der Waals surface area contributed by atoms with E-state index in [9.17, 15) is 24.9 Å². The highest BCUT2D eigenvalue weighted by Gasteiger charge is 2.63. The third kappa shape index (κ3) is 9.39. The highest BCUT2D eigenvalue weighted by atomic mass is 16.6. The van der Waals surface area contributed by atoms with Crippen LogP contribution in [0, 0.1) is 41.4 Å². The topological polar surface area (TPSA) is 185 Å². The number of nitrogens with one attached hydrogen (secondary N) is 3. The molecule has 0 bridgehead atoms. The molecule has 302 valence electrons. The number of allylic oxidation sites excluding steroid dienone is 1. The van der Waals surface area contributed by atoms with Gasteiger partial charge in [0.1, 0.15) is 17.5 Å². The summed E-state index contributed by atoms with van der Waals surface area (Å²) in [6, 6.07) is 0. The fourth-order valence-electron chi connectivity index (χ4n) is 11.2. The number of aliphatic hydroxyl groups is 3. The summed E-state index contributed by atoms with van der Waals surface area (Å²) in [4.78, 5) is 27.4. The second kappa shape index (κ2) is 18.2. The molecule has 14 unspecified atom stereocenters. The van der Waals surface area contributed by atoms with Gasteiger partial charge in [-0.2, -0.15) is 0 Å². The number of fused-ring (bicyclic) bond motifs is 2. The van der Waals surface area contributed by atoms with Crippen LogP contribution in [0.5, 0.6) is 0 Å². The van der Waals surface area contributed by atoms with Gasteiger partial charge >= 0.3 is 5.97 Å². The number of hydrogen-bond donors (Lipinski definition) is 7. The summed E-state index contributed by atoms with van der Waals surface area (Å²) < 4.78 is 20.5. The average molecular weight is 747 g/mol. The van der Waals surface area contributed by atoms with E-state index in [1.54, 1.807) is 13.0 Å². The molecule has 6 aliphatic rings. The maximum atomic E-state index is 14.0. The first-order valence-electron chi connectivity index (χ1n) is 21.1. The molecule has 6 rings (SSSR count). The Bertz CT molecular complexity index is 1260. The number of rotatable bonds is 12. The summed E-state index contributed by atoms with van der Waals surface area (Å²) in [5.74, 6) is -0.926. The molecule has 0 aromatic heterocycles. The predicted octanol–water partition coefficient (Wildman–Crippen LogP) is 2.91. The van der Waals surface area contributed by atoms with Gasteiger partial charge in [-0.15, -0.1) is 0 Å². The standard InChI is InChI=1S/C41H70N4O8/c1-5-23(3)40(50)52-32-20-30-37(49)36-31(48)19-28(22-46)51-39(36)35(29(26-13-15-44-33(42)18-26)17-25-8-7-9-27(47)16-25)38(30)53-41(32,4)14-12-24-10-11-34(43-6-2)45-21-24/h5,24-30,32-39,43-47,49H,6-22,42H2,1-4H3/t24?,25?,26?,27?,28?,29?,30?,32-,33?,34?,35?,36?,37?,38?,39?,41-/m1/s1. The van der Waals surface area contributed by atoms with E-state index in [0.717, 1.165) is 83.8 Å². The SMILES string of the molecule is CC=C(C)C(=O)O[C@@H]1CC2C(O)C3C(=O)CC(CO)OC3C(C(CC3CCCC(O)C3)C3CCNC(N)C3)C2O[C@]1(C)CCC1CCC(NCC)NC1. The van der Waals surface area contributed by atoms with Gasteiger partial charge in [-0.1, -0.05) is 25.8 Å². The molecule has 2 saturated carbocycles. The van der Waals surface area contributed by atoms with E-state index >= 15 is 0 Å². The lowest BCUT2D eigenvalue weighted by molar-refractivity contribution is -0.293. The van der Waals surface area contributed by atoms with Crippen molar-refractivity contribution in [3.8, 4) is 0 Å². The molecule has 8 N–H and O–H groups in total. The molecular formula is C41H70N4O8. The summed E-state index contributed by atoms with van der Waals surface area (Å²) in [5.41, 5.74) is 6.25. The molecular weight excluding hydrogens is 676 g/mol. The van der Waals surface area contributed by atoms with E-state index in [2.05, 4.69) is 29.8 Å². The van der Waals surface area contributed by atoms with E-state index < -0.39 is 53.9 Å². The van der Waals surface area contributed by atoms with Gasteiger partial charge < -0.3 is 51.2 Å². The lowest BCUT2D eigenvalue weighted by Gasteiger charge is -2.60. The van der Waals surface area contributed by atoms with Gasteiger partial charge in [-0.3, -0.25) is 4.79 Å². The summed E-state index contributed by atoms with van der Waals surface area (Å²) in [5, 5.41) is 43.9. The predicted molar refractivity (Wildman–Crippen MR) is 201 cm³/mol. The minimum Gasteiger partial charge on any atom is -0.456 e. The number of piperidine rings is 2. The van der Waals surface area contributed by atoms with Crippen LogP contribution < -0.4 is 21.7 Å². The Morgan fingerprint density at radius 1 is 1.11 bits per heavy atom. The quantitative estimate of drug-likeness (QED) is 0.115. The van der Waals surface area contributed by atoms with E-state index in [1.807, 2.05) is 6.92 Å². The van der Waals surface area contributed by atoms with Gasteiger partial charge in [0.05, 0.1) is 55.4 Å². The molecule has 0 aromatic carbocycles. The molecule has 0 aromatic rings. The number of carbonyl (C=O) groups excluding carboxylic acids is 2. The molecule has 4 saturated heterocycles. The Morgan fingerprint density at radius 3 is 2.60 bits per heavy atom. The first-order valence-corrected chi connectivity index (χ1v) is 21.1. The second-order valence-corrected chi connectivity index (χ2v) is 17.8. The number of ether oxygens (including phenoxy) is 3. The molecule has 0 radical (unpaired) electrons. The minimum atomic E-state index is -1.04. The van der Waals surface area contributed by atoms with Crippen molar-refractivity contribution in [1.82, 2.24) is 16.0 Å². The molecule has 16 atom stereocenters. The summed E-state index contributed by atoms with van der Waals surface area (Å²) >= 11 is 0. The Morgan fingerprint density at radius 2 is 1.92 bits per heavy atom. The summed E-state index contributed by atoms with van der Waals surface area (Å²) in [7, 11) is 0. The Balaban J connectivity index is 1.37. The third-order valence-electron chi connectivity index (χ3n) is 14.2. The van der Waals surface area contributed by atoms with E-state index in [-0.39, 0.29) is 48.8 Å². The Hall–Kier alpha value is -1.48. The number of nitrogens with two attached hydrogens (primary N) is 1. The van der Waals surface area contributed by atoms with Crippen LogP contribution in [0.3, 0.4) is 0 Å². The fraction of sp³-hybridized carbons (Fsp3) is 0.902. The number of Topliss-reactive ketones (excluding diaryl/α,β-unsaturated/α-hetero) is 1. The van der Waals surface area contributed by atoms with Crippen molar-refractivity contribution in [2.75, 3.05) is 26.2 Å². The number of ketones is 1. The number of aliphatic hydroxyl groups excluding tert-OH is 3. The van der Waals surface area contributed by atoms with Crippen LogP contribution in [-0.2, 0) is 23.8 Å². The average Bonchev–Trinajstić information content (AvgIpc) is 3.14. The van der Waals surface area contributed by atoms with Crippen molar-refractivity contribution in [3.05, 3.63) is 11.6 Å². The first kappa shape index (κ1) is 41.2. The minimum absolute atomic E-state index is 0.0513. The number of esters is 1. The van der Waals surface area contributed by atoms with Crippen molar-refractivity contribution in [2.24, 2.45) is 47.2 Å². The maximum Gasteiger partial charge on any atom is 0.333 e. The molecule has 12 nitrogen and oxygen atoms in total. The lowest BCUT2D eigenvalue weighted by atomic mass is 9.56. The highest BCUT2D eigenvalue weighted by molar-refractivity contribution is 5.87. The van der Waals surface area contributed by atoms with Gasteiger partial charge in [0.25, 0.3) is 0 Å². The van der Waals surface area contributed by atoms with Gasteiger partial charge in [0, 0.05) is 23.8 Å². The van der Waals surface area contributed by atoms with Crippen molar-refractivity contribution in [3.63, 3.8) is 0 Å². The normalized spacial score (nSPS) is 44.5. The lowest BCUT2D eigenvalue weighted by Crippen LogP contribution is -2.69.